The fourth-order valence-corrected chi connectivity index (χ4v) is 2.27. The number of hydrogen-bond acceptors (Lipinski definition) is 1. The van der Waals surface area contributed by atoms with E-state index in [2.05, 4.69) is 32.9 Å². The van der Waals surface area contributed by atoms with Gasteiger partial charge in [0.15, 0.2) is 0 Å². The molecule has 2 rings (SSSR count). The molecule has 1 aliphatic rings. The summed E-state index contributed by atoms with van der Waals surface area (Å²) >= 11 is 0. The van der Waals surface area contributed by atoms with Crippen LogP contribution in [-0.4, -0.2) is 7.11 Å². The highest BCUT2D eigenvalue weighted by molar-refractivity contribution is 5.78. The van der Waals surface area contributed by atoms with Crippen molar-refractivity contribution in [3.63, 3.8) is 0 Å². The fourth-order valence-electron chi connectivity index (χ4n) is 2.27. The van der Waals surface area contributed by atoms with Crippen LogP contribution in [0.2, 0.25) is 0 Å². The zero-order valence-electron chi connectivity index (χ0n) is 9.27. The first-order valence-electron chi connectivity index (χ1n) is 4.98. The summed E-state index contributed by atoms with van der Waals surface area (Å²) in [5, 5.41) is 0. The Morgan fingerprint density at radius 2 is 1.86 bits per heavy atom. The monoisotopic (exact) mass is 188 g/mol. The molecule has 0 heterocycles. The summed E-state index contributed by atoms with van der Waals surface area (Å²) in [4.78, 5) is 0. The molecule has 0 aromatic heterocycles. The molecule has 74 valence electrons. The second-order valence-electron chi connectivity index (χ2n) is 4.01. The first-order valence-corrected chi connectivity index (χ1v) is 4.98. The van der Waals surface area contributed by atoms with Crippen molar-refractivity contribution in [2.45, 2.75) is 27.2 Å². The Labute approximate surface area is 85.4 Å². The molecule has 0 atom stereocenters. The smallest absolute Gasteiger partial charge is 0.122 e. The van der Waals surface area contributed by atoms with E-state index in [4.69, 9.17) is 4.74 Å². The summed E-state index contributed by atoms with van der Waals surface area (Å²) in [5.74, 6) is 0.998. The van der Waals surface area contributed by atoms with Crippen LogP contribution in [0, 0.1) is 6.92 Å². The van der Waals surface area contributed by atoms with Gasteiger partial charge >= 0.3 is 0 Å². The zero-order valence-corrected chi connectivity index (χ0v) is 9.27. The summed E-state index contributed by atoms with van der Waals surface area (Å²) in [5.41, 5.74) is 7.03. The van der Waals surface area contributed by atoms with Gasteiger partial charge in [-0.3, -0.25) is 0 Å². The quantitative estimate of drug-likeness (QED) is 0.656. The van der Waals surface area contributed by atoms with Gasteiger partial charge in [0.1, 0.15) is 5.75 Å². The third kappa shape index (κ3) is 1.16. The van der Waals surface area contributed by atoms with Crippen LogP contribution in [0.5, 0.6) is 5.75 Å². The molecule has 0 saturated carbocycles. The van der Waals surface area contributed by atoms with Crippen molar-refractivity contribution in [2.75, 3.05) is 7.11 Å². The van der Waals surface area contributed by atoms with Crippen LogP contribution < -0.4 is 4.74 Å². The molecule has 0 bridgehead atoms. The van der Waals surface area contributed by atoms with Crippen LogP contribution in [0.15, 0.2) is 17.7 Å². The van der Waals surface area contributed by atoms with E-state index in [1.54, 1.807) is 7.11 Å². The number of ether oxygens (including phenoxy) is 1. The molecule has 0 saturated heterocycles. The minimum atomic E-state index is 0.998. The van der Waals surface area contributed by atoms with Crippen LogP contribution in [0.4, 0.5) is 0 Å². The molecule has 0 radical (unpaired) electrons. The molecule has 0 aliphatic heterocycles. The van der Waals surface area contributed by atoms with Gasteiger partial charge in [0.25, 0.3) is 0 Å². The molecule has 1 heteroatoms. The standard InChI is InChI=1S/C13H16O/c1-8-7-11-5-6-12(14-4)10(3)13(11)9(8)2/h5-6H,7H2,1-4H3. The summed E-state index contributed by atoms with van der Waals surface area (Å²) in [6.07, 6.45) is 1.10. The van der Waals surface area contributed by atoms with Gasteiger partial charge in [-0.25, -0.2) is 0 Å². The lowest BCUT2D eigenvalue weighted by Gasteiger charge is -2.10. The zero-order chi connectivity index (χ0) is 10.3. The van der Waals surface area contributed by atoms with E-state index in [-0.39, 0.29) is 0 Å². The number of methoxy groups -OCH3 is 1. The molecule has 1 nitrogen and oxygen atoms in total. The summed E-state index contributed by atoms with van der Waals surface area (Å²) < 4.78 is 5.33. The molecule has 0 spiro atoms. The maximum absolute atomic E-state index is 5.33. The first kappa shape index (κ1) is 9.32. The minimum absolute atomic E-state index is 0.998. The van der Waals surface area contributed by atoms with Crippen molar-refractivity contribution < 1.29 is 4.74 Å². The van der Waals surface area contributed by atoms with Crippen LogP contribution >= 0.6 is 0 Å². The fraction of sp³-hybridized carbons (Fsp3) is 0.385. The summed E-state index contributed by atoms with van der Waals surface area (Å²) in [7, 11) is 1.73. The van der Waals surface area contributed by atoms with Gasteiger partial charge in [-0.05, 0) is 55.5 Å². The van der Waals surface area contributed by atoms with Crippen molar-refractivity contribution in [1.82, 2.24) is 0 Å². The van der Waals surface area contributed by atoms with E-state index in [1.807, 2.05) is 0 Å². The molecule has 0 amide bonds. The number of rotatable bonds is 1. The molecule has 1 aliphatic carbocycles. The Bertz CT molecular complexity index is 413. The Morgan fingerprint density at radius 3 is 2.50 bits per heavy atom. The van der Waals surface area contributed by atoms with Crippen LogP contribution in [0.3, 0.4) is 0 Å². The van der Waals surface area contributed by atoms with E-state index < -0.39 is 0 Å². The van der Waals surface area contributed by atoms with E-state index >= 15 is 0 Å². The lowest BCUT2D eigenvalue weighted by Crippen LogP contribution is -1.93. The van der Waals surface area contributed by atoms with Crippen LogP contribution in [0.25, 0.3) is 5.57 Å². The number of hydrogen-bond donors (Lipinski definition) is 0. The highest BCUT2D eigenvalue weighted by atomic mass is 16.5. The summed E-state index contributed by atoms with van der Waals surface area (Å²) in [6.45, 7) is 6.55. The Kier molecular flexibility index (Phi) is 2.10. The minimum Gasteiger partial charge on any atom is -0.496 e. The molecular formula is C13H16O. The second kappa shape index (κ2) is 3.16. The summed E-state index contributed by atoms with van der Waals surface area (Å²) in [6, 6.07) is 4.25. The molecule has 0 fully saturated rings. The number of allylic oxidation sites excluding steroid dienone is 2. The van der Waals surface area contributed by atoms with E-state index in [9.17, 15) is 0 Å². The normalized spacial score (nSPS) is 14.6. The Balaban J connectivity index is 2.64. The molecule has 1 aromatic carbocycles. The molecule has 0 unspecified atom stereocenters. The SMILES string of the molecule is COc1ccc2c(c1C)C(C)=C(C)C2. The highest BCUT2D eigenvalue weighted by Crippen LogP contribution is 2.37. The van der Waals surface area contributed by atoms with E-state index in [0.29, 0.717) is 0 Å². The van der Waals surface area contributed by atoms with Crippen molar-refractivity contribution in [2.24, 2.45) is 0 Å². The van der Waals surface area contributed by atoms with Crippen LogP contribution in [0.1, 0.15) is 30.5 Å². The second-order valence-corrected chi connectivity index (χ2v) is 4.01. The Morgan fingerprint density at radius 1 is 1.14 bits per heavy atom. The highest BCUT2D eigenvalue weighted by Gasteiger charge is 2.19. The van der Waals surface area contributed by atoms with Crippen LogP contribution in [-0.2, 0) is 6.42 Å². The van der Waals surface area contributed by atoms with Gasteiger partial charge in [0, 0.05) is 0 Å². The van der Waals surface area contributed by atoms with Gasteiger partial charge < -0.3 is 4.74 Å². The lowest BCUT2D eigenvalue weighted by atomic mass is 10.00. The predicted octanol–water partition coefficient (Wildman–Crippen LogP) is 3.35. The van der Waals surface area contributed by atoms with E-state index in [1.165, 1.54) is 27.8 Å². The van der Waals surface area contributed by atoms with Gasteiger partial charge in [-0.15, -0.1) is 0 Å². The lowest BCUT2D eigenvalue weighted by molar-refractivity contribution is 0.411. The van der Waals surface area contributed by atoms with E-state index in [0.717, 1.165) is 12.2 Å². The van der Waals surface area contributed by atoms with Crippen molar-refractivity contribution in [1.29, 1.82) is 0 Å². The van der Waals surface area contributed by atoms with Gasteiger partial charge in [-0.1, -0.05) is 11.6 Å². The van der Waals surface area contributed by atoms with Gasteiger partial charge in [0.2, 0.25) is 0 Å². The average molecular weight is 188 g/mol. The van der Waals surface area contributed by atoms with Crippen molar-refractivity contribution >= 4 is 5.57 Å². The number of benzene rings is 1. The molecule has 0 N–H and O–H groups in total. The van der Waals surface area contributed by atoms with Crippen molar-refractivity contribution in [3.05, 3.63) is 34.4 Å². The molecular weight excluding hydrogens is 172 g/mol. The topological polar surface area (TPSA) is 9.23 Å². The molecule has 1 aromatic rings. The van der Waals surface area contributed by atoms with Gasteiger partial charge in [0.05, 0.1) is 7.11 Å². The largest absolute Gasteiger partial charge is 0.496 e. The third-order valence-corrected chi connectivity index (χ3v) is 3.19. The third-order valence-electron chi connectivity index (χ3n) is 3.19. The maximum Gasteiger partial charge on any atom is 0.122 e. The molecule has 14 heavy (non-hydrogen) atoms. The predicted molar refractivity (Wildman–Crippen MR) is 59.7 cm³/mol. The van der Waals surface area contributed by atoms with Gasteiger partial charge in [-0.2, -0.15) is 0 Å². The van der Waals surface area contributed by atoms with Crippen molar-refractivity contribution in [3.8, 4) is 5.75 Å². The number of fused-ring (bicyclic) bond motifs is 1. The Hall–Kier alpha value is -1.24. The first-order chi connectivity index (χ1) is 6.65. The maximum atomic E-state index is 5.33. The average Bonchev–Trinajstić information content (AvgIpc) is 2.44.